The number of thiocarbonyl (C=S) groups is 1. The molecule has 1 aromatic heterocycles. The standard InChI is InChI=1S/C13H19N3OS/c14-13(18)10-5-6-15-12(9-10)16-7-1-3-11(16)4-2-8-17/h5-6,9,11,17H,1-4,7-8H2,(H2,14,18). The molecule has 0 spiro atoms. The Kier molecular flexibility index (Phi) is 4.49. The summed E-state index contributed by atoms with van der Waals surface area (Å²) in [5.41, 5.74) is 6.51. The van der Waals surface area contributed by atoms with E-state index in [2.05, 4.69) is 9.88 Å². The average Bonchev–Trinajstić information content (AvgIpc) is 2.84. The van der Waals surface area contributed by atoms with E-state index in [1.54, 1.807) is 6.20 Å². The molecule has 1 aliphatic heterocycles. The quantitative estimate of drug-likeness (QED) is 0.789. The van der Waals surface area contributed by atoms with Crippen molar-refractivity contribution >= 4 is 23.0 Å². The van der Waals surface area contributed by atoms with Crippen LogP contribution in [0.1, 0.15) is 31.2 Å². The lowest BCUT2D eigenvalue weighted by atomic mass is 10.1. The Morgan fingerprint density at radius 2 is 2.44 bits per heavy atom. The zero-order valence-corrected chi connectivity index (χ0v) is 11.2. The van der Waals surface area contributed by atoms with Crippen LogP contribution in [0.3, 0.4) is 0 Å². The minimum absolute atomic E-state index is 0.255. The average molecular weight is 265 g/mol. The highest BCUT2D eigenvalue weighted by molar-refractivity contribution is 7.80. The van der Waals surface area contributed by atoms with E-state index in [0.717, 1.165) is 30.8 Å². The molecular formula is C13H19N3OS. The van der Waals surface area contributed by atoms with Crippen molar-refractivity contribution in [3.8, 4) is 0 Å². The molecule has 0 saturated carbocycles. The number of hydrogen-bond donors (Lipinski definition) is 2. The first-order valence-corrected chi connectivity index (χ1v) is 6.76. The molecular weight excluding hydrogens is 246 g/mol. The molecule has 1 aliphatic rings. The molecule has 2 rings (SSSR count). The van der Waals surface area contributed by atoms with Gasteiger partial charge >= 0.3 is 0 Å². The van der Waals surface area contributed by atoms with E-state index in [1.165, 1.54) is 12.8 Å². The maximum Gasteiger partial charge on any atom is 0.129 e. The Morgan fingerprint density at radius 3 is 3.17 bits per heavy atom. The van der Waals surface area contributed by atoms with Gasteiger partial charge in [-0.05, 0) is 37.8 Å². The van der Waals surface area contributed by atoms with Gasteiger partial charge in [-0.2, -0.15) is 0 Å². The fraction of sp³-hybridized carbons (Fsp3) is 0.538. The van der Waals surface area contributed by atoms with Gasteiger partial charge in [0.25, 0.3) is 0 Å². The molecule has 98 valence electrons. The van der Waals surface area contributed by atoms with Crippen molar-refractivity contribution in [3.05, 3.63) is 23.9 Å². The van der Waals surface area contributed by atoms with Gasteiger partial charge in [0, 0.05) is 31.0 Å². The highest BCUT2D eigenvalue weighted by Gasteiger charge is 2.25. The van der Waals surface area contributed by atoms with Crippen LogP contribution in [0.15, 0.2) is 18.3 Å². The van der Waals surface area contributed by atoms with E-state index < -0.39 is 0 Å². The van der Waals surface area contributed by atoms with Crippen molar-refractivity contribution in [1.82, 2.24) is 4.98 Å². The van der Waals surface area contributed by atoms with Gasteiger partial charge in [-0.25, -0.2) is 4.98 Å². The Morgan fingerprint density at radius 1 is 1.61 bits per heavy atom. The highest BCUT2D eigenvalue weighted by Crippen LogP contribution is 2.26. The van der Waals surface area contributed by atoms with Gasteiger partial charge in [-0.15, -0.1) is 0 Å². The number of hydrogen-bond acceptors (Lipinski definition) is 4. The Labute approximate surface area is 113 Å². The molecule has 3 N–H and O–H groups in total. The number of aliphatic hydroxyl groups excluding tert-OH is 1. The smallest absolute Gasteiger partial charge is 0.129 e. The van der Waals surface area contributed by atoms with E-state index in [0.29, 0.717) is 11.0 Å². The Balaban J connectivity index is 2.14. The summed E-state index contributed by atoms with van der Waals surface area (Å²) in [6, 6.07) is 4.27. The fourth-order valence-corrected chi connectivity index (χ4v) is 2.62. The molecule has 1 fully saturated rings. The molecule has 0 aliphatic carbocycles. The molecule has 1 aromatic rings. The number of pyridine rings is 1. The van der Waals surface area contributed by atoms with Crippen LogP contribution in [0.25, 0.3) is 0 Å². The van der Waals surface area contributed by atoms with Crippen LogP contribution in [-0.4, -0.2) is 34.3 Å². The minimum Gasteiger partial charge on any atom is -0.396 e. The summed E-state index contributed by atoms with van der Waals surface area (Å²) >= 11 is 4.99. The first-order valence-electron chi connectivity index (χ1n) is 6.35. The van der Waals surface area contributed by atoms with Crippen LogP contribution >= 0.6 is 12.2 Å². The number of aliphatic hydroxyl groups is 1. The number of nitrogens with zero attached hydrogens (tertiary/aromatic N) is 2. The number of nitrogens with two attached hydrogens (primary N) is 1. The van der Waals surface area contributed by atoms with Crippen LogP contribution in [-0.2, 0) is 0 Å². The van der Waals surface area contributed by atoms with Gasteiger partial charge < -0.3 is 15.7 Å². The second kappa shape index (κ2) is 6.11. The summed E-state index contributed by atoms with van der Waals surface area (Å²) in [5, 5.41) is 8.93. The van der Waals surface area contributed by atoms with E-state index in [-0.39, 0.29) is 6.61 Å². The van der Waals surface area contributed by atoms with Crippen molar-refractivity contribution in [2.75, 3.05) is 18.1 Å². The molecule has 18 heavy (non-hydrogen) atoms. The molecule has 1 saturated heterocycles. The third kappa shape index (κ3) is 2.97. The van der Waals surface area contributed by atoms with Gasteiger partial charge in [0.15, 0.2) is 0 Å². The van der Waals surface area contributed by atoms with Crippen molar-refractivity contribution in [2.45, 2.75) is 31.7 Å². The Hall–Kier alpha value is -1.20. The second-order valence-corrected chi connectivity index (χ2v) is 5.06. The second-order valence-electron chi connectivity index (χ2n) is 4.62. The maximum absolute atomic E-state index is 8.93. The third-order valence-electron chi connectivity index (χ3n) is 3.40. The first-order chi connectivity index (χ1) is 8.72. The van der Waals surface area contributed by atoms with Crippen molar-refractivity contribution in [2.24, 2.45) is 5.73 Å². The molecule has 1 atom stereocenters. The third-order valence-corrected chi connectivity index (χ3v) is 3.63. The van der Waals surface area contributed by atoms with Gasteiger partial charge in [0.2, 0.25) is 0 Å². The lowest BCUT2D eigenvalue weighted by Gasteiger charge is -2.25. The van der Waals surface area contributed by atoms with E-state index >= 15 is 0 Å². The molecule has 0 bridgehead atoms. The van der Waals surface area contributed by atoms with Crippen LogP contribution in [0, 0.1) is 0 Å². The van der Waals surface area contributed by atoms with Crippen LogP contribution in [0.5, 0.6) is 0 Å². The summed E-state index contributed by atoms with van der Waals surface area (Å²) in [6.07, 6.45) is 5.95. The number of aromatic nitrogens is 1. The molecule has 4 nitrogen and oxygen atoms in total. The van der Waals surface area contributed by atoms with Gasteiger partial charge in [-0.3, -0.25) is 0 Å². The molecule has 0 aromatic carbocycles. The molecule has 5 heteroatoms. The van der Waals surface area contributed by atoms with Gasteiger partial charge in [0.1, 0.15) is 10.8 Å². The number of anilines is 1. The SMILES string of the molecule is NC(=S)c1ccnc(N2CCCC2CCCO)c1. The largest absolute Gasteiger partial charge is 0.396 e. The van der Waals surface area contributed by atoms with Crippen LogP contribution in [0.4, 0.5) is 5.82 Å². The highest BCUT2D eigenvalue weighted by atomic mass is 32.1. The normalized spacial score (nSPS) is 19.2. The summed E-state index contributed by atoms with van der Waals surface area (Å²) < 4.78 is 0. The van der Waals surface area contributed by atoms with Gasteiger partial charge in [0.05, 0.1) is 0 Å². The number of rotatable bonds is 5. The summed E-state index contributed by atoms with van der Waals surface area (Å²) in [4.78, 5) is 7.12. The van der Waals surface area contributed by atoms with E-state index in [1.807, 2.05) is 12.1 Å². The summed E-state index contributed by atoms with van der Waals surface area (Å²) in [6.45, 7) is 1.27. The minimum atomic E-state index is 0.255. The molecule has 2 heterocycles. The fourth-order valence-electron chi connectivity index (χ4n) is 2.49. The lowest BCUT2D eigenvalue weighted by Crippen LogP contribution is -2.30. The first kappa shape index (κ1) is 13.2. The van der Waals surface area contributed by atoms with Crippen molar-refractivity contribution in [1.29, 1.82) is 0 Å². The van der Waals surface area contributed by atoms with E-state index in [9.17, 15) is 0 Å². The molecule has 0 radical (unpaired) electrons. The van der Waals surface area contributed by atoms with E-state index in [4.69, 9.17) is 23.1 Å². The summed E-state index contributed by atoms with van der Waals surface area (Å²) in [5.74, 6) is 0.945. The van der Waals surface area contributed by atoms with Gasteiger partial charge in [-0.1, -0.05) is 12.2 Å². The molecule has 0 amide bonds. The summed E-state index contributed by atoms with van der Waals surface area (Å²) in [7, 11) is 0. The topological polar surface area (TPSA) is 62.4 Å². The maximum atomic E-state index is 8.93. The van der Waals surface area contributed by atoms with Crippen LogP contribution in [0.2, 0.25) is 0 Å². The predicted molar refractivity (Wildman–Crippen MR) is 76.8 cm³/mol. The predicted octanol–water partition coefficient (Wildman–Crippen LogP) is 1.46. The monoisotopic (exact) mass is 265 g/mol. The van der Waals surface area contributed by atoms with Crippen LogP contribution < -0.4 is 10.6 Å². The zero-order chi connectivity index (χ0) is 13.0. The lowest BCUT2D eigenvalue weighted by molar-refractivity contribution is 0.279. The molecule has 1 unspecified atom stereocenters. The zero-order valence-electron chi connectivity index (χ0n) is 10.4. The Bertz CT molecular complexity index is 424. The van der Waals surface area contributed by atoms with Crippen molar-refractivity contribution < 1.29 is 5.11 Å². The van der Waals surface area contributed by atoms with Crippen molar-refractivity contribution in [3.63, 3.8) is 0 Å².